The fraction of sp³-hybridized carbons (Fsp3) is 0.0256. The van der Waals surface area contributed by atoms with Gasteiger partial charge in [0.25, 0.3) is 5.91 Å². The summed E-state index contributed by atoms with van der Waals surface area (Å²) in [5, 5.41) is 2.57. The third kappa shape index (κ3) is 5.20. The smallest absolute Gasteiger partial charge is 0.264 e. The van der Waals surface area contributed by atoms with Gasteiger partial charge in [-0.25, -0.2) is 4.98 Å². The number of aromatic nitrogens is 2. The van der Waals surface area contributed by atoms with E-state index in [1.807, 2.05) is 71.3 Å². The van der Waals surface area contributed by atoms with Gasteiger partial charge in [-0.3, -0.25) is 9.36 Å². The molecule has 0 aliphatic heterocycles. The molecular weight excluding hydrogens is 543 g/mol. The van der Waals surface area contributed by atoms with Crippen molar-refractivity contribution in [2.75, 3.05) is 0 Å². The first-order chi connectivity index (χ1) is 21.3. The Morgan fingerprint density at radius 3 is 1.65 bits per heavy atom. The van der Waals surface area contributed by atoms with Gasteiger partial charge in [0.15, 0.2) is 0 Å². The molecule has 4 heteroatoms. The summed E-state index contributed by atoms with van der Waals surface area (Å²) < 4.78 is 1.85. The zero-order valence-electron chi connectivity index (χ0n) is 23.5. The Hall–Kier alpha value is -5.11. The second-order valence-electron chi connectivity index (χ2n) is 10.4. The van der Waals surface area contributed by atoms with E-state index in [1.54, 1.807) is 0 Å². The quantitative estimate of drug-likeness (QED) is 0.180. The fourth-order valence-corrected chi connectivity index (χ4v) is 8.41. The van der Waals surface area contributed by atoms with Gasteiger partial charge in [0.2, 0.25) is 0 Å². The van der Waals surface area contributed by atoms with Gasteiger partial charge in [-0.15, -0.1) is 0 Å². The lowest BCUT2D eigenvalue weighted by atomic mass is 10.0. The maximum atomic E-state index is 14.6. The number of carbonyl (C=O) groups excluding carboxylic acids is 1. The minimum Gasteiger partial charge on any atom is -0.268 e. The molecule has 1 atom stereocenters. The molecule has 0 saturated carbocycles. The summed E-state index contributed by atoms with van der Waals surface area (Å²) in [5.41, 5.74) is 5.21. The molecule has 206 valence electrons. The molecule has 5 aromatic carbocycles. The van der Waals surface area contributed by atoms with Gasteiger partial charge in [-0.05, 0) is 30.7 Å². The van der Waals surface area contributed by atoms with E-state index in [-0.39, 0.29) is 11.6 Å². The number of benzene rings is 5. The molecule has 0 fully saturated rings. The van der Waals surface area contributed by atoms with Gasteiger partial charge < -0.3 is 0 Å². The van der Waals surface area contributed by atoms with E-state index in [2.05, 4.69) is 103 Å². The second-order valence-corrected chi connectivity index (χ2v) is 12.7. The number of hydrogen-bond donors (Lipinski definition) is 0. The van der Waals surface area contributed by atoms with Crippen LogP contribution in [0.25, 0.3) is 28.1 Å². The third-order valence-electron chi connectivity index (χ3n) is 7.69. The minimum atomic E-state index is -0.829. The lowest BCUT2D eigenvalue weighted by Gasteiger charge is -2.27. The zero-order valence-corrected chi connectivity index (χ0v) is 24.4. The van der Waals surface area contributed by atoms with Crippen LogP contribution in [0.2, 0.25) is 0 Å². The molecule has 0 saturated heterocycles. The summed E-state index contributed by atoms with van der Waals surface area (Å²) in [4.78, 5) is 19.9. The summed E-state index contributed by atoms with van der Waals surface area (Å²) in [6, 6.07) is 51.2. The number of nitrogens with zero attached hydrogens (tertiary/aromatic N) is 2. The van der Waals surface area contributed by atoms with Crippen LogP contribution in [0.5, 0.6) is 0 Å². The highest BCUT2D eigenvalue weighted by atomic mass is 31.1. The molecule has 0 unspecified atom stereocenters. The van der Waals surface area contributed by atoms with Gasteiger partial charge in [0.05, 0.1) is 11.4 Å². The van der Waals surface area contributed by atoms with E-state index >= 15 is 0 Å². The summed E-state index contributed by atoms with van der Waals surface area (Å²) in [7, 11) is -0.829. The van der Waals surface area contributed by atoms with Gasteiger partial charge >= 0.3 is 0 Å². The molecule has 7 rings (SSSR count). The highest BCUT2D eigenvalue weighted by Crippen LogP contribution is 2.49. The Balaban J connectivity index is 1.48. The van der Waals surface area contributed by atoms with Crippen molar-refractivity contribution in [3.05, 3.63) is 181 Å². The van der Waals surface area contributed by atoms with Crippen LogP contribution in [-0.2, 0) is 0 Å². The average molecular weight is 573 g/mol. The largest absolute Gasteiger partial charge is 0.268 e. The molecule has 1 aliphatic carbocycles. The first-order valence-electron chi connectivity index (χ1n) is 14.4. The van der Waals surface area contributed by atoms with E-state index in [4.69, 9.17) is 4.98 Å². The summed E-state index contributed by atoms with van der Waals surface area (Å²) >= 11 is 0. The molecule has 1 aliphatic rings. The van der Waals surface area contributed by atoms with E-state index in [0.29, 0.717) is 11.4 Å². The molecule has 3 nitrogen and oxygen atoms in total. The Labute approximate surface area is 253 Å². The lowest BCUT2D eigenvalue weighted by Crippen LogP contribution is -2.23. The van der Waals surface area contributed by atoms with E-state index in [0.717, 1.165) is 28.1 Å². The van der Waals surface area contributed by atoms with Gasteiger partial charge in [0, 0.05) is 27.9 Å². The molecular formula is C39H29N2OP. The van der Waals surface area contributed by atoms with Crippen LogP contribution in [0.15, 0.2) is 170 Å². The summed E-state index contributed by atoms with van der Waals surface area (Å²) in [6.07, 6.45) is 6.54. The Kier molecular flexibility index (Phi) is 7.48. The number of allylic oxidation sites excluding steroid dienone is 4. The summed E-state index contributed by atoms with van der Waals surface area (Å²) in [5.74, 6) is 0.584. The van der Waals surface area contributed by atoms with Crippen LogP contribution in [0.4, 0.5) is 0 Å². The van der Waals surface area contributed by atoms with Crippen LogP contribution in [0, 0.1) is 0 Å². The number of hydrogen-bond acceptors (Lipinski definition) is 2. The first kappa shape index (κ1) is 26.8. The van der Waals surface area contributed by atoms with Gasteiger partial charge in [0.1, 0.15) is 5.82 Å². The van der Waals surface area contributed by atoms with E-state index in [1.165, 1.54) is 10.6 Å². The predicted octanol–water partition coefficient (Wildman–Crippen LogP) is 8.36. The molecule has 6 aromatic rings. The van der Waals surface area contributed by atoms with Crippen LogP contribution in [0.3, 0.4) is 0 Å². The van der Waals surface area contributed by atoms with Crippen molar-refractivity contribution in [1.29, 1.82) is 0 Å². The highest BCUT2D eigenvalue weighted by molar-refractivity contribution is 7.74. The predicted molar refractivity (Wildman–Crippen MR) is 179 cm³/mol. The molecule has 43 heavy (non-hydrogen) atoms. The Bertz CT molecular complexity index is 1870. The topological polar surface area (TPSA) is 34.9 Å². The Morgan fingerprint density at radius 2 is 1.09 bits per heavy atom. The molecule has 0 spiro atoms. The summed E-state index contributed by atoms with van der Waals surface area (Å²) in [6.45, 7) is 0. The van der Waals surface area contributed by atoms with Crippen LogP contribution >= 0.6 is 7.92 Å². The van der Waals surface area contributed by atoms with Crippen molar-refractivity contribution in [2.45, 2.75) is 5.66 Å². The monoisotopic (exact) mass is 572 g/mol. The minimum absolute atomic E-state index is 0.0387. The highest BCUT2D eigenvalue weighted by Gasteiger charge is 2.34. The van der Waals surface area contributed by atoms with Crippen molar-refractivity contribution < 1.29 is 4.79 Å². The third-order valence-corrected chi connectivity index (χ3v) is 10.4. The van der Waals surface area contributed by atoms with E-state index < -0.39 is 7.92 Å². The van der Waals surface area contributed by atoms with E-state index in [9.17, 15) is 4.79 Å². The normalized spacial score (nSPS) is 14.2. The fourth-order valence-electron chi connectivity index (χ4n) is 5.73. The van der Waals surface area contributed by atoms with Crippen LogP contribution < -0.4 is 10.6 Å². The van der Waals surface area contributed by atoms with Crippen LogP contribution in [0.1, 0.15) is 16.2 Å². The molecule has 0 amide bonds. The first-order valence-corrected chi connectivity index (χ1v) is 15.8. The SMILES string of the molecule is O=C(c1ccccc1)n1c(C2=CC=C[C@H]2P(c2ccccc2)c2ccccc2)nc(-c2ccccc2)c1-c1ccccc1. The number of carbonyl (C=O) groups is 1. The molecule has 0 bridgehead atoms. The zero-order chi connectivity index (χ0) is 29.0. The van der Waals surface area contributed by atoms with Crippen LogP contribution in [-0.4, -0.2) is 21.1 Å². The molecule has 0 radical (unpaired) electrons. The maximum Gasteiger partial charge on any atom is 0.264 e. The maximum absolute atomic E-state index is 14.6. The molecule has 1 heterocycles. The number of rotatable bonds is 7. The lowest BCUT2D eigenvalue weighted by molar-refractivity contribution is 0.0960. The van der Waals surface area contributed by atoms with Crippen molar-refractivity contribution in [1.82, 2.24) is 9.55 Å². The van der Waals surface area contributed by atoms with Gasteiger partial charge in [-0.1, -0.05) is 158 Å². The molecule has 1 aromatic heterocycles. The standard InChI is InChI=1S/C39H29N2OP/c42-39(31-21-10-3-11-22-31)41-37(30-19-8-2-9-20-30)36(29-17-6-1-7-18-29)40-38(41)34-27-16-28-35(34)43(32-23-12-4-13-24-32)33-25-14-5-15-26-33/h1-28,35H/t35-/m1/s1. The number of imidazole rings is 1. The molecule has 0 N–H and O–H groups in total. The Morgan fingerprint density at radius 1 is 0.605 bits per heavy atom. The van der Waals surface area contributed by atoms with Gasteiger partial charge in [-0.2, -0.15) is 0 Å². The second kappa shape index (κ2) is 12.0. The average Bonchev–Trinajstić information content (AvgIpc) is 3.72. The van der Waals surface area contributed by atoms with Crippen molar-refractivity contribution in [3.8, 4) is 22.5 Å². The van der Waals surface area contributed by atoms with Crippen molar-refractivity contribution >= 4 is 30.0 Å². The van der Waals surface area contributed by atoms with Crippen molar-refractivity contribution in [3.63, 3.8) is 0 Å². The van der Waals surface area contributed by atoms with Crippen molar-refractivity contribution in [2.24, 2.45) is 0 Å².